The summed E-state index contributed by atoms with van der Waals surface area (Å²) in [5, 5.41) is 14.8. The summed E-state index contributed by atoms with van der Waals surface area (Å²) in [5.41, 5.74) is 2.15. The topological polar surface area (TPSA) is 104 Å². The summed E-state index contributed by atoms with van der Waals surface area (Å²) in [6.45, 7) is 1.89. The molecule has 0 saturated carbocycles. The fraction of sp³-hybridized carbons (Fsp3) is 0.200. The summed E-state index contributed by atoms with van der Waals surface area (Å²) in [4.78, 5) is 28.3. The van der Waals surface area contributed by atoms with Crippen LogP contribution in [0.15, 0.2) is 66.2 Å². The quantitative estimate of drug-likeness (QED) is 0.507. The van der Waals surface area contributed by atoms with Crippen LogP contribution in [0.4, 0.5) is 15.9 Å². The molecule has 34 heavy (non-hydrogen) atoms. The van der Waals surface area contributed by atoms with Crippen LogP contribution in [0, 0.1) is 11.3 Å². The number of benzene rings is 1. The fourth-order valence-electron chi connectivity index (χ4n) is 3.39. The lowest BCUT2D eigenvalue weighted by Gasteiger charge is -2.19. The van der Waals surface area contributed by atoms with Gasteiger partial charge in [-0.25, -0.2) is 14.2 Å². The molecule has 1 unspecified atom stereocenters. The average Bonchev–Trinajstić information content (AvgIpc) is 3.02. The van der Waals surface area contributed by atoms with Gasteiger partial charge in [0.15, 0.2) is 5.82 Å². The minimum atomic E-state index is -0.732. The smallest absolute Gasteiger partial charge is 0.341 e. The summed E-state index contributed by atoms with van der Waals surface area (Å²) < 4.78 is 19.3. The van der Waals surface area contributed by atoms with Crippen molar-refractivity contribution in [3.8, 4) is 6.07 Å². The number of amides is 1. The van der Waals surface area contributed by atoms with Crippen molar-refractivity contribution < 1.29 is 18.7 Å². The number of hydrogen-bond donors (Lipinski definition) is 2. The van der Waals surface area contributed by atoms with E-state index in [9.17, 15) is 14.0 Å². The predicted octanol–water partition coefficient (Wildman–Crippen LogP) is 5.50. The molecular formula is C25H22ClFN4O3. The van der Waals surface area contributed by atoms with E-state index in [4.69, 9.17) is 21.6 Å². The van der Waals surface area contributed by atoms with Gasteiger partial charge in [-0.15, -0.1) is 0 Å². The maximum absolute atomic E-state index is 14.6. The molecule has 0 fully saturated rings. The first-order chi connectivity index (χ1) is 16.3. The van der Waals surface area contributed by atoms with Crippen molar-refractivity contribution >= 4 is 40.6 Å². The van der Waals surface area contributed by atoms with Crippen molar-refractivity contribution in [2.45, 2.75) is 25.8 Å². The first-order valence-electron chi connectivity index (χ1n) is 10.4. The SMILES string of the molecule is COC(=O)C1=C(F)CC=CC=C1c1ccc(C(C)Nc2nccc(Cl)c2NC(=O)CC#N)cc1. The molecule has 2 aromatic rings. The zero-order chi connectivity index (χ0) is 24.7. The summed E-state index contributed by atoms with van der Waals surface area (Å²) >= 11 is 6.22. The largest absolute Gasteiger partial charge is 0.465 e. The van der Waals surface area contributed by atoms with Crippen LogP contribution in [0.3, 0.4) is 0 Å². The second kappa shape index (κ2) is 11.3. The molecule has 0 bridgehead atoms. The molecule has 3 rings (SSSR count). The number of rotatable bonds is 7. The Hall–Kier alpha value is -3.96. The molecule has 7 nitrogen and oxygen atoms in total. The van der Waals surface area contributed by atoms with Crippen LogP contribution in [0.2, 0.25) is 5.02 Å². The Morgan fingerprint density at radius 1 is 1.29 bits per heavy atom. The molecule has 1 atom stereocenters. The van der Waals surface area contributed by atoms with Crippen LogP contribution in [0.1, 0.15) is 36.9 Å². The maximum Gasteiger partial charge on any atom is 0.341 e. The van der Waals surface area contributed by atoms with Gasteiger partial charge in [0.2, 0.25) is 5.91 Å². The first kappa shape index (κ1) is 24.7. The first-order valence-corrected chi connectivity index (χ1v) is 10.8. The third kappa shape index (κ3) is 5.69. The van der Waals surface area contributed by atoms with Crippen molar-refractivity contribution in [2.24, 2.45) is 0 Å². The van der Waals surface area contributed by atoms with Crippen LogP contribution < -0.4 is 10.6 Å². The molecule has 1 aliphatic carbocycles. The van der Waals surface area contributed by atoms with Crippen LogP contribution >= 0.6 is 11.6 Å². The van der Waals surface area contributed by atoms with E-state index >= 15 is 0 Å². The molecule has 0 saturated heterocycles. The van der Waals surface area contributed by atoms with Gasteiger partial charge >= 0.3 is 5.97 Å². The number of nitrogens with zero attached hydrogens (tertiary/aromatic N) is 2. The Kier molecular flexibility index (Phi) is 8.17. The summed E-state index contributed by atoms with van der Waals surface area (Å²) in [5.74, 6) is -1.43. The number of carbonyl (C=O) groups is 2. The molecule has 0 radical (unpaired) electrons. The molecule has 9 heteroatoms. The second-order valence-corrected chi connectivity index (χ2v) is 7.78. The highest BCUT2D eigenvalue weighted by atomic mass is 35.5. The molecule has 1 amide bonds. The van der Waals surface area contributed by atoms with Gasteiger partial charge in [-0.2, -0.15) is 5.26 Å². The molecule has 0 spiro atoms. The average molecular weight is 481 g/mol. The van der Waals surface area contributed by atoms with E-state index in [2.05, 4.69) is 15.6 Å². The molecule has 0 aliphatic heterocycles. The van der Waals surface area contributed by atoms with Crippen molar-refractivity contribution in [1.29, 1.82) is 5.26 Å². The fourth-order valence-corrected chi connectivity index (χ4v) is 3.59. The minimum Gasteiger partial charge on any atom is -0.465 e. The van der Waals surface area contributed by atoms with E-state index in [1.165, 1.54) is 19.4 Å². The number of anilines is 2. The molecule has 2 N–H and O–H groups in total. The zero-order valence-corrected chi connectivity index (χ0v) is 19.3. The number of esters is 1. The van der Waals surface area contributed by atoms with Crippen LogP contribution in [-0.2, 0) is 14.3 Å². The molecule has 174 valence electrons. The highest BCUT2D eigenvalue weighted by Gasteiger charge is 2.23. The van der Waals surface area contributed by atoms with E-state index in [1.54, 1.807) is 36.4 Å². The Labute approximate surface area is 201 Å². The van der Waals surface area contributed by atoms with Gasteiger partial charge in [-0.05, 0) is 29.7 Å². The molecule has 1 aliphatic rings. The standard InChI is InChI=1S/C25H22ClFN4O3/c1-15(30-24-23(19(26)12-14-29-24)31-21(32)11-13-28)16-7-9-17(10-8-16)18-5-3-4-6-20(27)22(18)25(33)34-2/h3-5,7-10,12,14-15H,6,11H2,1-2H3,(H,29,30)(H,31,32). The van der Waals surface area contributed by atoms with Crippen LogP contribution in [-0.4, -0.2) is 24.0 Å². The molecule has 1 heterocycles. The summed E-state index contributed by atoms with van der Waals surface area (Å²) in [6.07, 6.45) is 6.23. The Bertz CT molecular complexity index is 1230. The van der Waals surface area contributed by atoms with Gasteiger partial charge in [-0.3, -0.25) is 4.79 Å². The molecule has 1 aromatic heterocycles. The van der Waals surface area contributed by atoms with Crippen LogP contribution in [0.25, 0.3) is 5.57 Å². The lowest BCUT2D eigenvalue weighted by atomic mass is 9.95. The Balaban J connectivity index is 1.84. The molecular weight excluding hydrogens is 459 g/mol. The molecule has 1 aromatic carbocycles. The minimum absolute atomic E-state index is 0.0172. The van der Waals surface area contributed by atoms with Gasteiger partial charge in [0.05, 0.1) is 29.8 Å². The van der Waals surface area contributed by atoms with Gasteiger partial charge in [0.1, 0.15) is 17.9 Å². The van der Waals surface area contributed by atoms with Crippen molar-refractivity contribution in [1.82, 2.24) is 4.98 Å². The van der Waals surface area contributed by atoms with E-state index in [0.29, 0.717) is 17.0 Å². The van der Waals surface area contributed by atoms with Crippen molar-refractivity contribution in [3.05, 3.63) is 82.3 Å². The number of methoxy groups -OCH3 is 1. The third-order valence-corrected chi connectivity index (χ3v) is 5.42. The highest BCUT2D eigenvalue weighted by Crippen LogP contribution is 2.33. The summed E-state index contributed by atoms with van der Waals surface area (Å²) in [6, 6.07) is 10.3. The Morgan fingerprint density at radius 2 is 2.03 bits per heavy atom. The number of hydrogen-bond acceptors (Lipinski definition) is 6. The van der Waals surface area contributed by atoms with Crippen LogP contribution in [0.5, 0.6) is 0 Å². The number of nitriles is 1. The van der Waals surface area contributed by atoms with Gasteiger partial charge in [0.25, 0.3) is 0 Å². The van der Waals surface area contributed by atoms with Crippen molar-refractivity contribution in [2.75, 3.05) is 17.7 Å². The lowest BCUT2D eigenvalue weighted by Crippen LogP contribution is -2.15. The number of nitrogens with one attached hydrogen (secondary N) is 2. The number of ether oxygens (including phenoxy) is 1. The third-order valence-electron chi connectivity index (χ3n) is 5.11. The number of aromatic nitrogens is 1. The zero-order valence-electron chi connectivity index (χ0n) is 18.6. The van der Waals surface area contributed by atoms with E-state index in [1.807, 2.05) is 19.1 Å². The number of pyridine rings is 1. The lowest BCUT2D eigenvalue weighted by molar-refractivity contribution is -0.135. The maximum atomic E-state index is 14.6. The summed E-state index contributed by atoms with van der Waals surface area (Å²) in [7, 11) is 1.22. The van der Waals surface area contributed by atoms with Gasteiger partial charge < -0.3 is 15.4 Å². The normalized spacial score (nSPS) is 13.9. The monoisotopic (exact) mass is 480 g/mol. The van der Waals surface area contributed by atoms with E-state index in [-0.39, 0.29) is 35.2 Å². The number of allylic oxidation sites excluding steroid dienone is 4. The predicted molar refractivity (Wildman–Crippen MR) is 128 cm³/mol. The van der Waals surface area contributed by atoms with Crippen molar-refractivity contribution in [3.63, 3.8) is 0 Å². The second-order valence-electron chi connectivity index (χ2n) is 7.37. The van der Waals surface area contributed by atoms with Gasteiger partial charge in [0, 0.05) is 12.6 Å². The highest BCUT2D eigenvalue weighted by molar-refractivity contribution is 6.34. The Morgan fingerprint density at radius 3 is 2.71 bits per heavy atom. The van der Waals surface area contributed by atoms with E-state index in [0.717, 1.165) is 5.56 Å². The van der Waals surface area contributed by atoms with Gasteiger partial charge in [-0.1, -0.05) is 54.1 Å². The number of carbonyl (C=O) groups excluding carboxylic acids is 2. The number of halogens is 2. The van der Waals surface area contributed by atoms with E-state index < -0.39 is 17.7 Å².